The van der Waals surface area contributed by atoms with Gasteiger partial charge in [-0.25, -0.2) is 19.7 Å². The van der Waals surface area contributed by atoms with Crippen LogP contribution in [0.3, 0.4) is 0 Å². The molecule has 0 spiro atoms. The van der Waals surface area contributed by atoms with E-state index in [4.69, 9.17) is 9.72 Å². The number of carbonyl (C=O) groups is 1. The number of aryl methyl sites for hydroxylation is 1. The summed E-state index contributed by atoms with van der Waals surface area (Å²) in [5.41, 5.74) is 3.22. The standard InChI is InChI=1S/C26H28N6O2/c1-17-28-16-21-23(29-17)32(22(30-21)20-8-5-6-15-27-20)19-11-9-18(10-12-19)26(13-7-14-26)31-24(33)34-25(2,3)4/h5-6,8-12,15-16H,7,13-14H2,1-4H3,(H,31,33). The zero-order valence-electron chi connectivity index (χ0n) is 19.9. The first kappa shape index (κ1) is 22.0. The number of rotatable bonds is 4. The van der Waals surface area contributed by atoms with Gasteiger partial charge in [0.1, 0.15) is 22.6 Å². The van der Waals surface area contributed by atoms with Crippen LogP contribution in [0.15, 0.2) is 54.9 Å². The van der Waals surface area contributed by atoms with Crippen LogP contribution in [0.25, 0.3) is 28.4 Å². The maximum atomic E-state index is 12.5. The second kappa shape index (κ2) is 8.20. The molecule has 5 rings (SSSR count). The molecule has 1 aliphatic rings. The maximum Gasteiger partial charge on any atom is 0.408 e. The third kappa shape index (κ3) is 4.11. The minimum Gasteiger partial charge on any atom is -0.444 e. The van der Waals surface area contributed by atoms with E-state index in [1.807, 2.05) is 62.6 Å². The van der Waals surface area contributed by atoms with Crippen molar-refractivity contribution in [3.63, 3.8) is 0 Å². The molecule has 1 N–H and O–H groups in total. The fourth-order valence-electron chi connectivity index (χ4n) is 4.32. The van der Waals surface area contributed by atoms with Gasteiger partial charge in [0.15, 0.2) is 11.5 Å². The molecule has 0 radical (unpaired) electrons. The van der Waals surface area contributed by atoms with E-state index in [1.54, 1.807) is 12.4 Å². The van der Waals surface area contributed by atoms with Crippen molar-refractivity contribution in [3.05, 3.63) is 66.2 Å². The number of amides is 1. The molecule has 1 aliphatic carbocycles. The molecule has 0 aliphatic heterocycles. The monoisotopic (exact) mass is 456 g/mol. The van der Waals surface area contributed by atoms with Crippen LogP contribution in [0.2, 0.25) is 0 Å². The van der Waals surface area contributed by atoms with Gasteiger partial charge in [-0.2, -0.15) is 0 Å². The van der Waals surface area contributed by atoms with E-state index in [0.29, 0.717) is 17.2 Å². The molecule has 8 heteroatoms. The van der Waals surface area contributed by atoms with Gasteiger partial charge in [-0.1, -0.05) is 18.2 Å². The third-order valence-corrected chi connectivity index (χ3v) is 6.04. The van der Waals surface area contributed by atoms with Crippen LogP contribution in [0.5, 0.6) is 0 Å². The van der Waals surface area contributed by atoms with E-state index in [0.717, 1.165) is 41.9 Å². The van der Waals surface area contributed by atoms with Gasteiger partial charge in [0.05, 0.1) is 11.7 Å². The van der Waals surface area contributed by atoms with Crippen LogP contribution in [-0.2, 0) is 10.3 Å². The molecule has 0 saturated heterocycles. The minimum atomic E-state index is -0.538. The molecule has 0 bridgehead atoms. The lowest BCUT2D eigenvalue weighted by Crippen LogP contribution is -2.52. The molecule has 34 heavy (non-hydrogen) atoms. The summed E-state index contributed by atoms with van der Waals surface area (Å²) in [6.45, 7) is 7.47. The molecule has 8 nitrogen and oxygen atoms in total. The fourth-order valence-corrected chi connectivity index (χ4v) is 4.32. The summed E-state index contributed by atoms with van der Waals surface area (Å²) in [7, 11) is 0. The van der Waals surface area contributed by atoms with Crippen molar-refractivity contribution in [2.75, 3.05) is 0 Å². The van der Waals surface area contributed by atoms with Crippen LogP contribution < -0.4 is 5.32 Å². The number of nitrogens with one attached hydrogen (secondary N) is 1. The van der Waals surface area contributed by atoms with Gasteiger partial charge in [0.25, 0.3) is 0 Å². The van der Waals surface area contributed by atoms with Gasteiger partial charge in [0.2, 0.25) is 0 Å². The van der Waals surface area contributed by atoms with E-state index < -0.39 is 11.1 Å². The predicted molar refractivity (Wildman–Crippen MR) is 130 cm³/mol. The van der Waals surface area contributed by atoms with Crippen molar-refractivity contribution in [1.82, 2.24) is 29.8 Å². The minimum absolute atomic E-state index is 0.388. The lowest BCUT2D eigenvalue weighted by molar-refractivity contribution is 0.0377. The number of pyridine rings is 1. The molecule has 0 atom stereocenters. The van der Waals surface area contributed by atoms with E-state index in [-0.39, 0.29) is 6.09 Å². The smallest absolute Gasteiger partial charge is 0.408 e. The quantitative estimate of drug-likeness (QED) is 0.460. The Morgan fingerprint density at radius 1 is 1.06 bits per heavy atom. The van der Waals surface area contributed by atoms with Crippen molar-refractivity contribution >= 4 is 17.3 Å². The molecule has 1 saturated carbocycles. The number of carbonyl (C=O) groups excluding carboxylic acids is 1. The number of aromatic nitrogens is 5. The number of hydrogen-bond donors (Lipinski definition) is 1. The van der Waals surface area contributed by atoms with Crippen molar-refractivity contribution in [3.8, 4) is 17.2 Å². The molecular formula is C26H28N6O2. The zero-order valence-corrected chi connectivity index (χ0v) is 19.9. The zero-order chi connectivity index (χ0) is 23.9. The highest BCUT2D eigenvalue weighted by molar-refractivity contribution is 5.78. The van der Waals surface area contributed by atoms with Crippen LogP contribution in [0.1, 0.15) is 51.4 Å². The van der Waals surface area contributed by atoms with Crippen molar-refractivity contribution < 1.29 is 9.53 Å². The van der Waals surface area contributed by atoms with Gasteiger partial charge in [-0.15, -0.1) is 0 Å². The summed E-state index contributed by atoms with van der Waals surface area (Å²) in [6.07, 6.45) is 5.92. The molecule has 4 aromatic rings. The number of imidazole rings is 1. The first-order valence-corrected chi connectivity index (χ1v) is 11.5. The Labute approximate surface area is 198 Å². The Bertz CT molecular complexity index is 1340. The number of fused-ring (bicyclic) bond motifs is 1. The van der Waals surface area contributed by atoms with Crippen LogP contribution >= 0.6 is 0 Å². The highest BCUT2D eigenvalue weighted by Crippen LogP contribution is 2.42. The first-order valence-electron chi connectivity index (χ1n) is 11.5. The summed E-state index contributed by atoms with van der Waals surface area (Å²) < 4.78 is 7.52. The molecule has 3 heterocycles. The van der Waals surface area contributed by atoms with Gasteiger partial charge in [-0.3, -0.25) is 9.55 Å². The SMILES string of the molecule is Cc1ncc2nc(-c3ccccn3)n(-c3ccc(C4(NC(=O)OC(C)(C)C)CCC4)cc3)c2n1. The van der Waals surface area contributed by atoms with Crippen LogP contribution in [0, 0.1) is 6.92 Å². The fraction of sp³-hybridized carbons (Fsp3) is 0.346. The average Bonchev–Trinajstić information content (AvgIpc) is 3.14. The molecular weight excluding hydrogens is 428 g/mol. The van der Waals surface area contributed by atoms with Crippen LogP contribution in [0.4, 0.5) is 4.79 Å². The second-order valence-corrected chi connectivity index (χ2v) is 9.72. The van der Waals surface area contributed by atoms with Gasteiger partial charge >= 0.3 is 6.09 Å². The topological polar surface area (TPSA) is 94.8 Å². The molecule has 0 unspecified atom stereocenters. The highest BCUT2D eigenvalue weighted by atomic mass is 16.6. The normalized spacial score (nSPS) is 15.1. The lowest BCUT2D eigenvalue weighted by atomic mass is 9.72. The van der Waals surface area contributed by atoms with Crippen molar-refractivity contribution in [2.24, 2.45) is 0 Å². The van der Waals surface area contributed by atoms with E-state index in [1.165, 1.54) is 0 Å². The molecule has 1 amide bonds. The molecule has 1 aromatic carbocycles. The van der Waals surface area contributed by atoms with Gasteiger partial charge in [0, 0.05) is 11.9 Å². The number of benzene rings is 1. The summed E-state index contributed by atoms with van der Waals surface area (Å²) in [5.74, 6) is 1.38. The summed E-state index contributed by atoms with van der Waals surface area (Å²) in [4.78, 5) is 30.7. The number of nitrogens with zero attached hydrogens (tertiary/aromatic N) is 5. The summed E-state index contributed by atoms with van der Waals surface area (Å²) in [6, 6.07) is 14.0. The third-order valence-electron chi connectivity index (χ3n) is 6.04. The number of ether oxygens (including phenoxy) is 1. The summed E-state index contributed by atoms with van der Waals surface area (Å²) >= 11 is 0. The predicted octanol–water partition coefficient (Wildman–Crippen LogP) is 5.09. The Kier molecular flexibility index (Phi) is 5.31. The number of alkyl carbamates (subject to hydrolysis) is 1. The van der Waals surface area contributed by atoms with Crippen LogP contribution in [-0.4, -0.2) is 36.2 Å². The summed E-state index contributed by atoms with van der Waals surface area (Å²) in [5, 5.41) is 3.12. The Morgan fingerprint density at radius 2 is 1.82 bits per heavy atom. The highest BCUT2D eigenvalue weighted by Gasteiger charge is 2.41. The van der Waals surface area contributed by atoms with E-state index in [2.05, 4.69) is 32.4 Å². The largest absolute Gasteiger partial charge is 0.444 e. The Morgan fingerprint density at radius 3 is 2.44 bits per heavy atom. The lowest BCUT2D eigenvalue weighted by Gasteiger charge is -2.43. The first-order chi connectivity index (χ1) is 16.2. The molecule has 3 aromatic heterocycles. The average molecular weight is 457 g/mol. The molecule has 174 valence electrons. The van der Waals surface area contributed by atoms with E-state index >= 15 is 0 Å². The van der Waals surface area contributed by atoms with Crippen molar-refractivity contribution in [2.45, 2.75) is 58.1 Å². The van der Waals surface area contributed by atoms with Gasteiger partial charge in [-0.05, 0) is 76.8 Å². The maximum absolute atomic E-state index is 12.5. The number of hydrogen-bond acceptors (Lipinski definition) is 6. The van der Waals surface area contributed by atoms with Crippen molar-refractivity contribution in [1.29, 1.82) is 0 Å². The van der Waals surface area contributed by atoms with Gasteiger partial charge < -0.3 is 10.1 Å². The Hall–Kier alpha value is -3.81. The second-order valence-electron chi connectivity index (χ2n) is 9.72. The van der Waals surface area contributed by atoms with E-state index in [9.17, 15) is 4.79 Å². The molecule has 1 fully saturated rings. The Balaban J connectivity index is 1.53.